The number of hydrogen-bond acceptors (Lipinski definition) is 2. The summed E-state index contributed by atoms with van der Waals surface area (Å²) in [6.07, 6.45) is 39.2. The Morgan fingerprint density at radius 2 is 1.73 bits per heavy atom. The molecule has 0 saturated heterocycles. The molecule has 3 heteroatoms. The van der Waals surface area contributed by atoms with Gasteiger partial charge in [-0.1, -0.05) is 124 Å². The quantitative estimate of drug-likeness (QED) is 0.136. The second-order valence-corrected chi connectivity index (χ2v) is 14.9. The van der Waals surface area contributed by atoms with Crippen LogP contribution in [-0.4, -0.2) is 10.6 Å². The Bertz CT molecular complexity index is 2500. The third-order valence-corrected chi connectivity index (χ3v) is 11.8. The number of hydrogen-bond donors (Lipinski definition) is 0. The first-order valence-electron chi connectivity index (χ1n) is 20.1. The van der Waals surface area contributed by atoms with Gasteiger partial charge in [0, 0.05) is 44.7 Å². The fourth-order valence-electron chi connectivity index (χ4n) is 9.07. The topological polar surface area (TPSA) is 21.3 Å². The Hall–Kier alpha value is -5.80. The molecule has 0 saturated carbocycles. The van der Waals surface area contributed by atoms with Gasteiger partial charge in [-0.05, 0) is 123 Å². The molecule has 0 fully saturated rings. The lowest BCUT2D eigenvalue weighted by Crippen LogP contribution is -2.33. The van der Waals surface area contributed by atoms with E-state index in [1.165, 1.54) is 67.7 Å². The Morgan fingerprint density at radius 3 is 2.44 bits per heavy atom. The van der Waals surface area contributed by atoms with Crippen LogP contribution in [0.3, 0.4) is 0 Å². The molecule has 1 atom stereocenters. The maximum atomic E-state index is 6.61. The number of aryl methyl sites for hydroxylation is 1. The minimum absolute atomic E-state index is 0.175. The predicted molar refractivity (Wildman–Crippen MR) is 237 cm³/mol. The minimum Gasteiger partial charge on any atom is -0.454 e. The summed E-state index contributed by atoms with van der Waals surface area (Å²) < 4.78 is 9.07. The molecule has 2 heterocycles. The molecule has 3 nitrogen and oxygen atoms in total. The van der Waals surface area contributed by atoms with Crippen LogP contribution in [0.5, 0.6) is 0 Å². The molecule has 276 valence electrons. The highest BCUT2D eigenvalue weighted by Gasteiger charge is 2.26. The van der Waals surface area contributed by atoms with Gasteiger partial charge in [0.05, 0.1) is 11.6 Å². The van der Waals surface area contributed by atoms with E-state index in [2.05, 4.69) is 147 Å². The van der Waals surface area contributed by atoms with Crippen LogP contribution in [0, 0.1) is 0 Å². The van der Waals surface area contributed by atoms with Crippen LogP contribution in [0.25, 0.3) is 39.7 Å². The monoisotopic (exact) mass is 720 g/mol. The van der Waals surface area contributed by atoms with Crippen LogP contribution in [0.2, 0.25) is 0 Å². The molecule has 0 N–H and O–H groups in total. The van der Waals surface area contributed by atoms with Crippen molar-refractivity contribution in [2.75, 3.05) is 4.90 Å². The number of benzene rings is 2. The van der Waals surface area contributed by atoms with Gasteiger partial charge < -0.3 is 13.9 Å². The standard InChI is InChI=1S/C52H52N2O/c1-7-16-36(8-2)37(9-3)22-21-35(6)53(42-25-23-38(24-26-42)41-33-39-17-12-13-18-40(39)34-41)43-27-29-44(30-28-43)54-49-20-15-14-19-46(49)47-31-32-48-45(10-4)50(11-5)55-52(48)51(47)54/h7-8,11-12,14,16-17,19,21-25,27-33,42H,1-2,5,9-10,13,15,18,20,26,34H2,3-4,6H3/b35-21+,36-16+,37-22+. The zero-order valence-corrected chi connectivity index (χ0v) is 32.7. The predicted octanol–water partition coefficient (Wildman–Crippen LogP) is 14.1. The van der Waals surface area contributed by atoms with E-state index in [1.807, 2.05) is 24.3 Å². The van der Waals surface area contributed by atoms with Gasteiger partial charge in [0.15, 0.2) is 5.58 Å². The van der Waals surface area contributed by atoms with Crippen molar-refractivity contribution in [3.63, 3.8) is 0 Å². The summed E-state index contributed by atoms with van der Waals surface area (Å²) >= 11 is 0. The van der Waals surface area contributed by atoms with Gasteiger partial charge in [0.1, 0.15) is 5.76 Å². The molecule has 4 aliphatic rings. The average Bonchev–Trinajstić information content (AvgIpc) is 3.93. The van der Waals surface area contributed by atoms with Gasteiger partial charge in [0.25, 0.3) is 0 Å². The fourth-order valence-corrected chi connectivity index (χ4v) is 9.07. The highest BCUT2D eigenvalue weighted by molar-refractivity contribution is 6.09. The number of fused-ring (bicyclic) bond motifs is 5. The SMILES string of the molecule is C=C/C=C(C=C)/C(=C/C=C(\C)N(c1ccc(-n2c3c(c4ccc5c(CC)c(C=C)oc5c42)C=CCC3)cc1)C1C=CC(C2=CC3=C(CCC=C3)C2)=CC1)CC. The molecule has 0 aliphatic heterocycles. The highest BCUT2D eigenvalue weighted by Crippen LogP contribution is 2.42. The Balaban J connectivity index is 1.19. The summed E-state index contributed by atoms with van der Waals surface area (Å²) in [6.45, 7) is 18.7. The average molecular weight is 721 g/mol. The molecule has 1 unspecified atom stereocenters. The Morgan fingerprint density at radius 1 is 0.927 bits per heavy atom. The Labute approximate surface area is 327 Å². The van der Waals surface area contributed by atoms with E-state index in [4.69, 9.17) is 4.42 Å². The van der Waals surface area contributed by atoms with Crippen LogP contribution in [0.1, 0.15) is 81.9 Å². The van der Waals surface area contributed by atoms with Gasteiger partial charge >= 0.3 is 0 Å². The maximum Gasteiger partial charge on any atom is 0.159 e. The number of nitrogens with zero attached hydrogens (tertiary/aromatic N) is 2. The summed E-state index contributed by atoms with van der Waals surface area (Å²) in [4.78, 5) is 2.50. The first-order valence-corrected chi connectivity index (χ1v) is 20.1. The summed E-state index contributed by atoms with van der Waals surface area (Å²) in [5, 5.41) is 2.41. The highest BCUT2D eigenvalue weighted by atomic mass is 16.3. The Kier molecular flexibility index (Phi) is 10.2. The molecule has 0 spiro atoms. The number of allylic oxidation sites excluding steroid dienone is 17. The van der Waals surface area contributed by atoms with E-state index in [-0.39, 0.29) is 6.04 Å². The van der Waals surface area contributed by atoms with Crippen molar-refractivity contribution in [1.29, 1.82) is 0 Å². The minimum atomic E-state index is 0.175. The van der Waals surface area contributed by atoms with Crippen LogP contribution in [-0.2, 0) is 12.8 Å². The van der Waals surface area contributed by atoms with E-state index in [1.54, 1.807) is 5.57 Å². The van der Waals surface area contributed by atoms with E-state index >= 15 is 0 Å². The van der Waals surface area contributed by atoms with E-state index in [9.17, 15) is 0 Å². The van der Waals surface area contributed by atoms with Gasteiger partial charge in [0.2, 0.25) is 0 Å². The molecule has 8 rings (SSSR count). The third kappa shape index (κ3) is 6.56. The molecule has 4 aliphatic carbocycles. The van der Waals surface area contributed by atoms with Crippen LogP contribution >= 0.6 is 0 Å². The zero-order chi connectivity index (χ0) is 38.1. The lowest BCUT2D eigenvalue weighted by molar-refractivity contribution is 0.601. The van der Waals surface area contributed by atoms with Crippen molar-refractivity contribution >= 4 is 39.7 Å². The van der Waals surface area contributed by atoms with Crippen LogP contribution < -0.4 is 4.90 Å². The third-order valence-electron chi connectivity index (χ3n) is 11.8. The van der Waals surface area contributed by atoms with Crippen molar-refractivity contribution < 1.29 is 4.42 Å². The second-order valence-electron chi connectivity index (χ2n) is 14.9. The molecule has 0 radical (unpaired) electrons. The maximum absolute atomic E-state index is 6.61. The molecular weight excluding hydrogens is 669 g/mol. The molecule has 0 amide bonds. The van der Waals surface area contributed by atoms with Gasteiger partial charge in [-0.15, -0.1) is 0 Å². The second kappa shape index (κ2) is 15.5. The zero-order valence-electron chi connectivity index (χ0n) is 32.7. The van der Waals surface area contributed by atoms with Crippen molar-refractivity contribution in [3.8, 4) is 5.69 Å². The fraction of sp³-hybridized carbons (Fsp3) is 0.231. The van der Waals surface area contributed by atoms with E-state index in [0.29, 0.717) is 0 Å². The molecule has 4 aromatic rings. The summed E-state index contributed by atoms with van der Waals surface area (Å²) in [6, 6.07) is 13.9. The number of anilines is 1. The molecule has 2 aromatic carbocycles. The van der Waals surface area contributed by atoms with Crippen molar-refractivity contribution in [3.05, 3.63) is 191 Å². The summed E-state index contributed by atoms with van der Waals surface area (Å²) in [7, 11) is 0. The first kappa shape index (κ1) is 36.2. The first-order chi connectivity index (χ1) is 27.0. The molecular formula is C52H52N2O. The lowest BCUT2D eigenvalue weighted by atomic mass is 9.93. The molecule has 0 bridgehead atoms. The largest absolute Gasteiger partial charge is 0.454 e. The van der Waals surface area contributed by atoms with Gasteiger partial charge in [-0.3, -0.25) is 0 Å². The molecule has 2 aromatic heterocycles. The number of aromatic nitrogens is 1. The van der Waals surface area contributed by atoms with E-state index < -0.39 is 0 Å². The van der Waals surface area contributed by atoms with Gasteiger partial charge in [-0.25, -0.2) is 0 Å². The van der Waals surface area contributed by atoms with Crippen molar-refractivity contribution in [2.24, 2.45) is 0 Å². The normalized spacial score (nSPS) is 18.5. The molecule has 55 heavy (non-hydrogen) atoms. The van der Waals surface area contributed by atoms with Crippen molar-refractivity contribution in [1.82, 2.24) is 4.57 Å². The number of rotatable bonds is 12. The summed E-state index contributed by atoms with van der Waals surface area (Å²) in [5.74, 6) is 0.870. The lowest BCUT2D eigenvalue weighted by Gasteiger charge is -2.34. The van der Waals surface area contributed by atoms with Crippen LogP contribution in [0.4, 0.5) is 5.69 Å². The van der Waals surface area contributed by atoms with Crippen molar-refractivity contribution in [2.45, 2.75) is 78.2 Å². The number of furan rings is 1. The van der Waals surface area contributed by atoms with E-state index in [0.717, 1.165) is 73.1 Å². The summed E-state index contributed by atoms with van der Waals surface area (Å²) in [5.41, 5.74) is 17.6. The van der Waals surface area contributed by atoms with Crippen LogP contribution in [0.15, 0.2) is 173 Å². The van der Waals surface area contributed by atoms with Gasteiger partial charge in [-0.2, -0.15) is 0 Å². The smallest absolute Gasteiger partial charge is 0.159 e.